The van der Waals surface area contributed by atoms with Crippen LogP contribution in [0.3, 0.4) is 0 Å². The number of nitrogens with zero attached hydrogens (tertiary/aromatic N) is 1. The molecule has 0 atom stereocenters. The number of nitrogens with one attached hydrogen (secondary N) is 1. The van der Waals surface area contributed by atoms with Crippen molar-refractivity contribution in [1.82, 2.24) is 0 Å². The number of nitro groups is 1. The van der Waals surface area contributed by atoms with Gasteiger partial charge in [-0.1, -0.05) is 32.3 Å². The lowest BCUT2D eigenvalue weighted by atomic mass is 9.79. The van der Waals surface area contributed by atoms with Crippen LogP contribution in [0.1, 0.15) is 57.4 Å². The molecule has 0 bridgehead atoms. The Kier molecular flexibility index (Phi) is 6.13. The van der Waals surface area contributed by atoms with Crippen LogP contribution in [-0.4, -0.2) is 10.8 Å². The number of benzene rings is 1. The summed E-state index contributed by atoms with van der Waals surface area (Å²) in [6, 6.07) is 4.80. The Bertz CT molecular complexity index is 563. The van der Waals surface area contributed by atoms with E-state index in [2.05, 4.69) is 12.2 Å². The Morgan fingerprint density at radius 2 is 2.00 bits per heavy atom. The molecule has 5 heteroatoms. The first-order chi connectivity index (χ1) is 11.0. The number of unbranched alkanes of at least 4 members (excludes halogenated alkanes) is 1. The van der Waals surface area contributed by atoms with Crippen LogP contribution in [0.25, 0.3) is 0 Å². The fourth-order valence-electron chi connectivity index (χ4n) is 3.40. The highest BCUT2D eigenvalue weighted by Crippen LogP contribution is 2.33. The fourth-order valence-corrected chi connectivity index (χ4v) is 3.40. The van der Waals surface area contributed by atoms with E-state index in [-0.39, 0.29) is 17.5 Å². The molecular formula is C18H26N2O3. The second-order valence-corrected chi connectivity index (χ2v) is 6.56. The molecule has 2 rings (SSSR count). The molecule has 1 fully saturated rings. The van der Waals surface area contributed by atoms with Crippen molar-refractivity contribution in [3.63, 3.8) is 0 Å². The van der Waals surface area contributed by atoms with E-state index in [1.54, 1.807) is 19.1 Å². The smallest absolute Gasteiger partial charge is 0.274 e. The SMILES string of the molecule is CCCCC1CCC(C(=O)Nc2cccc([N+](=O)[O-])c2C)CC1. The van der Waals surface area contributed by atoms with Crippen LogP contribution in [0.15, 0.2) is 18.2 Å². The van der Waals surface area contributed by atoms with Gasteiger partial charge in [0.15, 0.2) is 0 Å². The minimum atomic E-state index is -0.413. The van der Waals surface area contributed by atoms with Gasteiger partial charge in [0.25, 0.3) is 5.69 Å². The summed E-state index contributed by atoms with van der Waals surface area (Å²) < 4.78 is 0. The zero-order valence-corrected chi connectivity index (χ0v) is 14.0. The summed E-state index contributed by atoms with van der Waals surface area (Å²) >= 11 is 0. The maximum atomic E-state index is 12.4. The molecule has 1 aromatic carbocycles. The topological polar surface area (TPSA) is 72.2 Å². The molecule has 0 spiro atoms. The van der Waals surface area contributed by atoms with E-state index in [1.165, 1.54) is 25.3 Å². The van der Waals surface area contributed by atoms with Crippen LogP contribution in [0.4, 0.5) is 11.4 Å². The molecule has 1 aliphatic carbocycles. The molecule has 1 saturated carbocycles. The Hall–Kier alpha value is -1.91. The number of hydrogen-bond donors (Lipinski definition) is 1. The summed E-state index contributed by atoms with van der Waals surface area (Å²) in [5.41, 5.74) is 1.12. The molecule has 1 aromatic rings. The van der Waals surface area contributed by atoms with Crippen LogP contribution < -0.4 is 5.32 Å². The van der Waals surface area contributed by atoms with E-state index >= 15 is 0 Å². The van der Waals surface area contributed by atoms with Crippen LogP contribution in [0.5, 0.6) is 0 Å². The van der Waals surface area contributed by atoms with Gasteiger partial charge in [-0.2, -0.15) is 0 Å². The minimum Gasteiger partial charge on any atom is -0.325 e. The molecule has 1 N–H and O–H groups in total. The van der Waals surface area contributed by atoms with Gasteiger partial charge in [-0.05, 0) is 44.6 Å². The van der Waals surface area contributed by atoms with Crippen molar-refractivity contribution < 1.29 is 9.72 Å². The normalized spacial score (nSPS) is 21.0. The van der Waals surface area contributed by atoms with Gasteiger partial charge in [-0.3, -0.25) is 14.9 Å². The Labute approximate surface area is 137 Å². The largest absolute Gasteiger partial charge is 0.325 e. The number of anilines is 1. The number of carbonyl (C=O) groups excluding carboxylic acids is 1. The second-order valence-electron chi connectivity index (χ2n) is 6.56. The van der Waals surface area contributed by atoms with Crippen molar-refractivity contribution in [3.05, 3.63) is 33.9 Å². The maximum Gasteiger partial charge on any atom is 0.274 e. The van der Waals surface area contributed by atoms with Gasteiger partial charge in [0.05, 0.1) is 16.2 Å². The van der Waals surface area contributed by atoms with Gasteiger partial charge in [-0.25, -0.2) is 0 Å². The highest BCUT2D eigenvalue weighted by atomic mass is 16.6. The fraction of sp³-hybridized carbons (Fsp3) is 0.611. The van der Waals surface area contributed by atoms with Crippen LogP contribution in [0, 0.1) is 28.9 Å². The molecule has 0 heterocycles. The molecule has 0 unspecified atom stereocenters. The molecule has 0 saturated heterocycles. The van der Waals surface area contributed by atoms with Crippen molar-refractivity contribution in [1.29, 1.82) is 0 Å². The van der Waals surface area contributed by atoms with E-state index in [0.717, 1.165) is 31.6 Å². The van der Waals surface area contributed by atoms with Gasteiger partial charge in [0.1, 0.15) is 0 Å². The first-order valence-corrected chi connectivity index (χ1v) is 8.57. The summed E-state index contributed by atoms with van der Waals surface area (Å²) in [5.74, 6) is 0.799. The molecule has 23 heavy (non-hydrogen) atoms. The molecule has 0 radical (unpaired) electrons. The lowest BCUT2D eigenvalue weighted by molar-refractivity contribution is -0.385. The van der Waals surface area contributed by atoms with Gasteiger partial charge in [0, 0.05) is 12.0 Å². The number of amides is 1. The molecule has 0 aromatic heterocycles. The van der Waals surface area contributed by atoms with Gasteiger partial charge < -0.3 is 5.32 Å². The van der Waals surface area contributed by atoms with E-state index < -0.39 is 4.92 Å². The monoisotopic (exact) mass is 318 g/mol. The molecular weight excluding hydrogens is 292 g/mol. The molecule has 1 aliphatic rings. The summed E-state index contributed by atoms with van der Waals surface area (Å²) in [6.45, 7) is 3.88. The standard InChI is InChI=1S/C18H26N2O3/c1-3-4-6-14-9-11-15(12-10-14)18(21)19-16-7-5-8-17(13(16)2)20(22)23/h5,7-8,14-15H,3-4,6,9-12H2,1-2H3,(H,19,21). The predicted molar refractivity (Wildman–Crippen MR) is 91.4 cm³/mol. The van der Waals surface area contributed by atoms with Crippen LogP contribution >= 0.6 is 0 Å². The summed E-state index contributed by atoms with van der Waals surface area (Å²) in [5, 5.41) is 13.9. The van der Waals surface area contributed by atoms with Crippen molar-refractivity contribution in [2.24, 2.45) is 11.8 Å². The van der Waals surface area contributed by atoms with E-state index in [0.29, 0.717) is 11.3 Å². The minimum absolute atomic E-state index is 0.00235. The maximum absolute atomic E-state index is 12.4. The molecule has 0 aliphatic heterocycles. The van der Waals surface area contributed by atoms with Crippen LogP contribution in [-0.2, 0) is 4.79 Å². The summed E-state index contributed by atoms with van der Waals surface area (Å²) in [7, 11) is 0. The Balaban J connectivity index is 1.93. The quantitative estimate of drug-likeness (QED) is 0.602. The third kappa shape index (κ3) is 4.53. The number of hydrogen-bond acceptors (Lipinski definition) is 3. The first-order valence-electron chi connectivity index (χ1n) is 8.57. The average Bonchev–Trinajstić information content (AvgIpc) is 2.55. The number of nitro benzene ring substituents is 1. The zero-order valence-electron chi connectivity index (χ0n) is 14.0. The lowest BCUT2D eigenvalue weighted by Gasteiger charge is -2.27. The average molecular weight is 318 g/mol. The number of carbonyl (C=O) groups is 1. The summed E-state index contributed by atoms with van der Waals surface area (Å²) in [6.07, 6.45) is 7.86. The van der Waals surface area contributed by atoms with Crippen molar-refractivity contribution >= 4 is 17.3 Å². The Morgan fingerprint density at radius 3 is 2.61 bits per heavy atom. The zero-order chi connectivity index (χ0) is 16.8. The Morgan fingerprint density at radius 1 is 1.30 bits per heavy atom. The molecule has 1 amide bonds. The van der Waals surface area contributed by atoms with E-state index in [9.17, 15) is 14.9 Å². The van der Waals surface area contributed by atoms with Gasteiger partial charge in [0.2, 0.25) is 5.91 Å². The van der Waals surface area contributed by atoms with Gasteiger partial charge in [-0.15, -0.1) is 0 Å². The lowest BCUT2D eigenvalue weighted by Crippen LogP contribution is -2.27. The summed E-state index contributed by atoms with van der Waals surface area (Å²) in [4.78, 5) is 23.0. The van der Waals surface area contributed by atoms with E-state index in [4.69, 9.17) is 0 Å². The van der Waals surface area contributed by atoms with Crippen molar-refractivity contribution in [3.8, 4) is 0 Å². The highest BCUT2D eigenvalue weighted by Gasteiger charge is 2.26. The van der Waals surface area contributed by atoms with Crippen LogP contribution in [0.2, 0.25) is 0 Å². The van der Waals surface area contributed by atoms with Crippen molar-refractivity contribution in [2.45, 2.75) is 58.8 Å². The third-order valence-electron chi connectivity index (χ3n) is 4.94. The van der Waals surface area contributed by atoms with Gasteiger partial charge >= 0.3 is 0 Å². The molecule has 5 nitrogen and oxygen atoms in total. The van der Waals surface area contributed by atoms with E-state index in [1.807, 2.05) is 0 Å². The highest BCUT2D eigenvalue weighted by molar-refractivity contribution is 5.93. The van der Waals surface area contributed by atoms with Crippen molar-refractivity contribution in [2.75, 3.05) is 5.32 Å². The first kappa shape index (κ1) is 17.4. The third-order valence-corrected chi connectivity index (χ3v) is 4.94. The number of rotatable bonds is 6. The predicted octanol–water partition coefficient (Wildman–Crippen LogP) is 4.84. The second kappa shape index (κ2) is 8.09. The molecule has 126 valence electrons.